The van der Waals surface area contributed by atoms with Crippen molar-refractivity contribution >= 4 is 29.3 Å². The minimum Gasteiger partial charge on any atom is -0.464 e. The Morgan fingerprint density at radius 3 is 2.52 bits per heavy atom. The molecule has 1 unspecified atom stereocenters. The van der Waals surface area contributed by atoms with Crippen molar-refractivity contribution in [3.05, 3.63) is 83.8 Å². The van der Waals surface area contributed by atoms with Crippen LogP contribution in [-0.2, 0) is 15.7 Å². The zero-order valence-corrected chi connectivity index (χ0v) is 22.8. The van der Waals surface area contributed by atoms with Crippen LogP contribution in [-0.4, -0.2) is 51.9 Å². The topological polar surface area (TPSA) is 121 Å². The summed E-state index contributed by atoms with van der Waals surface area (Å²) in [6.07, 6.45) is -0.458. The van der Waals surface area contributed by atoms with Crippen LogP contribution < -0.4 is 10.2 Å². The molecule has 0 saturated carbocycles. The van der Waals surface area contributed by atoms with Crippen LogP contribution in [0.2, 0.25) is 0 Å². The van der Waals surface area contributed by atoms with E-state index in [1.165, 1.54) is 29.2 Å². The molecule has 0 spiro atoms. The summed E-state index contributed by atoms with van der Waals surface area (Å²) in [6.45, 7) is 3.20. The third kappa shape index (κ3) is 6.43. The predicted octanol–water partition coefficient (Wildman–Crippen LogP) is 5.49. The highest BCUT2D eigenvalue weighted by Crippen LogP contribution is 2.36. The Labute approximate surface area is 239 Å². The number of carbonyl (C=O) groups excluding carboxylic acids is 3. The summed E-state index contributed by atoms with van der Waals surface area (Å²) in [5.41, 5.74) is 0.743. The molecule has 2 aromatic carbocycles. The monoisotopic (exact) mass is 580 g/mol. The molecule has 1 aliphatic heterocycles. The van der Waals surface area contributed by atoms with Crippen LogP contribution in [0.5, 0.6) is 0 Å². The number of nitrogens with zero attached hydrogens (tertiary/aromatic N) is 5. The SMILES string of the molecule is CCCCOC(=O)CNC(=O)N1C=C(c2ccnn2-c2ccc(C#N)cc2)C(C)N(c2cccc(C(F)(F)F)c2)C1=O. The fraction of sp³-hybridized carbons (Fsp3) is 0.276. The van der Waals surface area contributed by atoms with Crippen molar-refractivity contribution in [3.8, 4) is 11.8 Å². The lowest BCUT2D eigenvalue weighted by atomic mass is 10.0. The third-order valence-electron chi connectivity index (χ3n) is 6.51. The molecule has 0 fully saturated rings. The van der Waals surface area contributed by atoms with Gasteiger partial charge in [-0.15, -0.1) is 0 Å². The Morgan fingerprint density at radius 1 is 1.12 bits per heavy atom. The van der Waals surface area contributed by atoms with E-state index in [9.17, 15) is 27.6 Å². The van der Waals surface area contributed by atoms with Gasteiger partial charge in [-0.2, -0.15) is 23.5 Å². The lowest BCUT2D eigenvalue weighted by molar-refractivity contribution is -0.142. The summed E-state index contributed by atoms with van der Waals surface area (Å²) in [5, 5.41) is 15.8. The van der Waals surface area contributed by atoms with Gasteiger partial charge in [0, 0.05) is 17.5 Å². The number of hydrogen-bond acceptors (Lipinski definition) is 6. The maximum Gasteiger partial charge on any atom is 0.416 e. The van der Waals surface area contributed by atoms with Gasteiger partial charge in [0.15, 0.2) is 0 Å². The van der Waals surface area contributed by atoms with Gasteiger partial charge in [-0.1, -0.05) is 19.4 Å². The Morgan fingerprint density at radius 2 is 1.86 bits per heavy atom. The molecule has 1 aliphatic rings. The number of carbonyl (C=O) groups is 3. The highest BCUT2D eigenvalue weighted by Gasteiger charge is 2.39. The smallest absolute Gasteiger partial charge is 0.416 e. The first-order valence-electron chi connectivity index (χ1n) is 13.0. The lowest BCUT2D eigenvalue weighted by Crippen LogP contribution is -2.54. The molecule has 2 heterocycles. The van der Waals surface area contributed by atoms with Gasteiger partial charge in [0.05, 0.1) is 47.4 Å². The van der Waals surface area contributed by atoms with E-state index in [4.69, 9.17) is 10.00 Å². The Bertz CT molecular complexity index is 1540. The van der Waals surface area contributed by atoms with E-state index in [-0.39, 0.29) is 12.3 Å². The van der Waals surface area contributed by atoms with Crippen molar-refractivity contribution < 1.29 is 32.3 Å². The maximum atomic E-state index is 13.6. The maximum absolute atomic E-state index is 13.6. The molecule has 1 aromatic heterocycles. The van der Waals surface area contributed by atoms with Crippen molar-refractivity contribution in [3.63, 3.8) is 0 Å². The van der Waals surface area contributed by atoms with Crippen molar-refractivity contribution in [1.82, 2.24) is 20.0 Å². The van der Waals surface area contributed by atoms with E-state index in [2.05, 4.69) is 10.4 Å². The van der Waals surface area contributed by atoms with Gasteiger partial charge < -0.3 is 10.1 Å². The number of aromatic nitrogens is 2. The first-order valence-corrected chi connectivity index (χ1v) is 13.0. The van der Waals surface area contributed by atoms with E-state index in [0.717, 1.165) is 23.5 Å². The molecule has 1 atom stereocenters. The molecule has 0 radical (unpaired) electrons. The number of ether oxygens (including phenoxy) is 1. The fourth-order valence-electron chi connectivity index (χ4n) is 4.33. The second-order valence-electron chi connectivity index (χ2n) is 9.35. The molecular weight excluding hydrogens is 553 g/mol. The quantitative estimate of drug-likeness (QED) is 0.278. The molecule has 1 N–H and O–H groups in total. The van der Waals surface area contributed by atoms with E-state index in [0.29, 0.717) is 33.8 Å². The molecular formula is C29H27F3N6O4. The van der Waals surface area contributed by atoms with Crippen molar-refractivity contribution in [2.45, 2.75) is 38.9 Å². The lowest BCUT2D eigenvalue weighted by Gasteiger charge is -2.38. The first-order chi connectivity index (χ1) is 20.0. The molecule has 4 rings (SSSR count). The van der Waals surface area contributed by atoms with Gasteiger partial charge in [0.1, 0.15) is 6.54 Å². The average Bonchev–Trinajstić information content (AvgIpc) is 3.46. The van der Waals surface area contributed by atoms with Gasteiger partial charge in [0.2, 0.25) is 0 Å². The summed E-state index contributed by atoms with van der Waals surface area (Å²) < 4.78 is 47.2. The number of nitriles is 1. The summed E-state index contributed by atoms with van der Waals surface area (Å²) >= 11 is 0. The number of amides is 4. The van der Waals surface area contributed by atoms with E-state index >= 15 is 0 Å². The molecule has 3 aromatic rings. The van der Waals surface area contributed by atoms with Crippen LogP contribution >= 0.6 is 0 Å². The number of imide groups is 1. The zero-order valence-electron chi connectivity index (χ0n) is 22.8. The largest absolute Gasteiger partial charge is 0.464 e. The highest BCUT2D eigenvalue weighted by molar-refractivity contribution is 6.08. The van der Waals surface area contributed by atoms with E-state index < -0.39 is 42.4 Å². The number of hydrogen-bond donors (Lipinski definition) is 1. The minimum atomic E-state index is -4.67. The Kier molecular flexibility index (Phi) is 8.95. The molecule has 0 bridgehead atoms. The minimum absolute atomic E-state index is 0.0888. The summed E-state index contributed by atoms with van der Waals surface area (Å²) in [4.78, 5) is 40.6. The predicted molar refractivity (Wildman–Crippen MR) is 146 cm³/mol. The highest BCUT2D eigenvalue weighted by atomic mass is 19.4. The fourth-order valence-corrected chi connectivity index (χ4v) is 4.33. The molecule has 13 heteroatoms. The van der Waals surface area contributed by atoms with Gasteiger partial charge in [-0.05, 0) is 61.9 Å². The number of alkyl halides is 3. The number of halogens is 3. The number of rotatable bonds is 8. The van der Waals surface area contributed by atoms with Crippen molar-refractivity contribution in [2.75, 3.05) is 18.1 Å². The van der Waals surface area contributed by atoms with Gasteiger partial charge in [-0.25, -0.2) is 19.2 Å². The van der Waals surface area contributed by atoms with Crippen molar-refractivity contribution in [1.29, 1.82) is 5.26 Å². The molecule has 4 amide bonds. The van der Waals surface area contributed by atoms with Crippen LogP contribution in [0.25, 0.3) is 11.3 Å². The van der Waals surface area contributed by atoms with Crippen LogP contribution in [0.3, 0.4) is 0 Å². The van der Waals surface area contributed by atoms with Gasteiger partial charge in [-0.3, -0.25) is 9.69 Å². The van der Waals surface area contributed by atoms with Crippen LogP contribution in [0.4, 0.5) is 28.4 Å². The second-order valence-corrected chi connectivity index (χ2v) is 9.35. The number of urea groups is 2. The molecule has 0 saturated heterocycles. The zero-order chi connectivity index (χ0) is 30.4. The van der Waals surface area contributed by atoms with E-state index in [1.54, 1.807) is 37.3 Å². The van der Waals surface area contributed by atoms with Crippen LogP contribution in [0.1, 0.15) is 43.5 Å². The van der Waals surface area contributed by atoms with Crippen LogP contribution in [0.15, 0.2) is 67.0 Å². The summed E-state index contributed by atoms with van der Waals surface area (Å²) in [5.74, 6) is -0.701. The van der Waals surface area contributed by atoms with E-state index in [1.807, 2.05) is 13.0 Å². The second kappa shape index (κ2) is 12.6. The number of nitrogens with one attached hydrogen (secondary N) is 1. The molecule has 10 nitrogen and oxygen atoms in total. The Balaban J connectivity index is 1.74. The van der Waals surface area contributed by atoms with Crippen LogP contribution in [0, 0.1) is 11.3 Å². The molecule has 218 valence electrons. The van der Waals surface area contributed by atoms with Crippen molar-refractivity contribution in [2.24, 2.45) is 0 Å². The molecule has 42 heavy (non-hydrogen) atoms. The van der Waals surface area contributed by atoms with Gasteiger partial charge in [0.25, 0.3) is 0 Å². The number of anilines is 1. The molecule has 0 aliphatic carbocycles. The Hall–Kier alpha value is -5.12. The van der Waals surface area contributed by atoms with Gasteiger partial charge >= 0.3 is 24.2 Å². The summed E-state index contributed by atoms with van der Waals surface area (Å²) in [7, 11) is 0. The third-order valence-corrected chi connectivity index (χ3v) is 6.51. The number of benzene rings is 2. The number of esters is 1. The first kappa shape index (κ1) is 29.9. The average molecular weight is 581 g/mol. The summed E-state index contributed by atoms with van der Waals surface area (Å²) in [6, 6.07) is 11.6. The standard InChI is InChI=1S/C29H27F3N6O4/c1-3-4-14-42-26(39)17-34-27(40)36-18-24(25-12-13-35-38(25)22-10-8-20(16-33)9-11-22)19(2)37(28(36)41)23-7-5-6-21(15-23)29(30,31)32/h5-13,15,18-19H,3-4,14,17H2,1-2H3,(H,34,40). The number of unbranched alkanes of at least 4 members (excludes halogenated alkanes) is 1. The normalized spacial score (nSPS) is 15.2.